The lowest BCUT2D eigenvalue weighted by molar-refractivity contribution is -0.122. The van der Waals surface area contributed by atoms with Gasteiger partial charge in [0.15, 0.2) is 12.4 Å². The largest absolute Gasteiger partial charge is 0.393 e. The number of nitrogens with one attached hydrogen (secondary N) is 1. The van der Waals surface area contributed by atoms with E-state index in [0.717, 1.165) is 16.8 Å². The number of H-pyrrole nitrogens is 1. The molecule has 10 nitrogen and oxygen atoms in total. The highest BCUT2D eigenvalue weighted by Crippen LogP contribution is 2.38. The summed E-state index contributed by atoms with van der Waals surface area (Å²) in [6.07, 6.45) is -4.43. The Morgan fingerprint density at radius 2 is 2.33 bits per heavy atom. The van der Waals surface area contributed by atoms with E-state index in [4.69, 9.17) is 10.3 Å². The number of aliphatic hydroxyl groups is 2. The monoisotopic (exact) mass is 301 g/mol. The minimum Gasteiger partial charge on any atom is -0.393 e. The van der Waals surface area contributed by atoms with Crippen LogP contribution in [0.5, 0.6) is 0 Å². The van der Waals surface area contributed by atoms with Gasteiger partial charge < -0.3 is 14.9 Å². The molecule has 0 aromatic carbocycles. The van der Waals surface area contributed by atoms with Gasteiger partial charge in [-0.3, -0.25) is 14.3 Å². The van der Waals surface area contributed by atoms with Crippen molar-refractivity contribution in [1.82, 2.24) is 9.55 Å². The van der Waals surface area contributed by atoms with Crippen molar-refractivity contribution < 1.29 is 19.3 Å². The summed E-state index contributed by atoms with van der Waals surface area (Å²) in [5, 5.41) is 22.4. The zero-order chi connectivity index (χ0) is 15.6. The first-order valence-corrected chi connectivity index (χ1v) is 5.88. The van der Waals surface area contributed by atoms with Crippen LogP contribution in [0.3, 0.4) is 0 Å². The van der Waals surface area contributed by atoms with Gasteiger partial charge in [-0.15, -0.1) is 0 Å². The normalized spacial score (nSPS) is 31.9. The number of azide groups is 1. The minimum atomic E-state index is -2.06. The number of alkyl halides is 1. The number of aliphatic hydroxyl groups excluding tert-OH is 2. The molecule has 0 spiro atoms. The number of hydrogen-bond acceptors (Lipinski definition) is 6. The summed E-state index contributed by atoms with van der Waals surface area (Å²) in [5.41, 5.74) is 4.84. The van der Waals surface area contributed by atoms with Crippen molar-refractivity contribution in [2.75, 3.05) is 13.2 Å². The van der Waals surface area contributed by atoms with Crippen molar-refractivity contribution in [1.29, 1.82) is 0 Å². The van der Waals surface area contributed by atoms with Crippen LogP contribution in [-0.2, 0) is 4.74 Å². The van der Waals surface area contributed by atoms with Gasteiger partial charge in [0.1, 0.15) is 11.7 Å². The molecule has 1 aromatic rings. The second-order valence-corrected chi connectivity index (χ2v) is 4.53. The lowest BCUT2D eigenvalue weighted by atomic mass is 9.97. The zero-order valence-electron chi connectivity index (χ0n) is 10.6. The smallest absolute Gasteiger partial charge is 0.330 e. The predicted octanol–water partition coefficient (Wildman–Crippen LogP) is -1.19. The number of hydrogen-bond donors (Lipinski definition) is 3. The van der Waals surface area contributed by atoms with Crippen LogP contribution < -0.4 is 11.2 Å². The van der Waals surface area contributed by atoms with E-state index in [9.17, 15) is 24.2 Å². The summed E-state index contributed by atoms with van der Waals surface area (Å²) in [6.45, 7) is -1.33. The van der Waals surface area contributed by atoms with E-state index in [1.165, 1.54) is 0 Å². The SMILES string of the molecule is [N-]=[N+]=NC[C@]1(CO)OC(n2ccc(=O)[nH]c2=O)[C@H](F)[C@@H]1O. The van der Waals surface area contributed by atoms with Gasteiger partial charge in [-0.05, 0) is 5.53 Å². The van der Waals surface area contributed by atoms with Crippen LogP contribution in [0.25, 0.3) is 10.4 Å². The summed E-state index contributed by atoms with van der Waals surface area (Å²) < 4.78 is 20.2. The van der Waals surface area contributed by atoms with E-state index in [1.807, 2.05) is 4.98 Å². The first kappa shape index (κ1) is 15.2. The third kappa shape index (κ3) is 2.54. The predicted molar refractivity (Wildman–Crippen MR) is 66.2 cm³/mol. The van der Waals surface area contributed by atoms with Crippen LogP contribution in [-0.4, -0.2) is 50.8 Å². The topological polar surface area (TPSA) is 153 Å². The molecule has 3 N–H and O–H groups in total. The first-order chi connectivity index (χ1) is 9.95. The molecule has 4 atom stereocenters. The zero-order valence-corrected chi connectivity index (χ0v) is 10.6. The molecule has 0 saturated carbocycles. The van der Waals surface area contributed by atoms with Gasteiger partial charge >= 0.3 is 5.69 Å². The Bertz CT molecular complexity index is 683. The summed E-state index contributed by atoms with van der Waals surface area (Å²) in [6, 6.07) is 0.982. The van der Waals surface area contributed by atoms with Crippen molar-refractivity contribution in [3.05, 3.63) is 43.5 Å². The summed E-state index contributed by atoms with van der Waals surface area (Å²) >= 11 is 0. The Labute approximate surface area is 116 Å². The van der Waals surface area contributed by atoms with Gasteiger partial charge in [-0.1, -0.05) is 5.11 Å². The number of aromatic nitrogens is 2. The van der Waals surface area contributed by atoms with Crippen molar-refractivity contribution in [3.63, 3.8) is 0 Å². The van der Waals surface area contributed by atoms with Gasteiger partial charge in [0.2, 0.25) is 0 Å². The molecule has 1 fully saturated rings. The van der Waals surface area contributed by atoms with Crippen LogP contribution in [0.2, 0.25) is 0 Å². The van der Waals surface area contributed by atoms with Crippen LogP contribution in [0, 0.1) is 0 Å². The maximum atomic E-state index is 14.2. The van der Waals surface area contributed by atoms with Gasteiger partial charge in [0.25, 0.3) is 5.56 Å². The number of nitrogens with zero attached hydrogens (tertiary/aromatic N) is 4. The van der Waals surface area contributed by atoms with Gasteiger partial charge in [-0.25, -0.2) is 9.18 Å². The van der Waals surface area contributed by atoms with Crippen LogP contribution in [0.4, 0.5) is 4.39 Å². The number of rotatable bonds is 4. The Morgan fingerprint density at radius 1 is 1.62 bits per heavy atom. The molecule has 114 valence electrons. The van der Waals surface area contributed by atoms with Gasteiger partial charge in [-0.2, -0.15) is 0 Å². The molecule has 1 aromatic heterocycles. The Morgan fingerprint density at radius 3 is 2.90 bits per heavy atom. The average molecular weight is 301 g/mol. The molecule has 1 saturated heterocycles. The lowest BCUT2D eigenvalue weighted by Gasteiger charge is -2.27. The molecule has 2 rings (SSSR count). The first-order valence-electron chi connectivity index (χ1n) is 5.88. The Balaban J connectivity index is 2.41. The fraction of sp³-hybridized carbons (Fsp3) is 0.600. The van der Waals surface area contributed by atoms with E-state index in [-0.39, 0.29) is 0 Å². The molecular formula is C10H12FN5O5. The third-order valence-corrected chi connectivity index (χ3v) is 3.26. The van der Waals surface area contributed by atoms with Crippen molar-refractivity contribution in [2.24, 2.45) is 5.11 Å². The van der Waals surface area contributed by atoms with Crippen LogP contribution in [0.15, 0.2) is 27.0 Å². The molecular weight excluding hydrogens is 289 g/mol. The number of aromatic amines is 1. The molecule has 0 amide bonds. The van der Waals surface area contributed by atoms with Crippen molar-refractivity contribution in [3.8, 4) is 0 Å². The molecule has 1 aliphatic rings. The maximum absolute atomic E-state index is 14.2. The molecule has 0 bridgehead atoms. The highest BCUT2D eigenvalue weighted by atomic mass is 19.1. The van der Waals surface area contributed by atoms with Crippen LogP contribution in [0.1, 0.15) is 6.23 Å². The molecule has 11 heteroatoms. The molecule has 21 heavy (non-hydrogen) atoms. The second-order valence-electron chi connectivity index (χ2n) is 4.53. The van der Waals surface area contributed by atoms with Gasteiger partial charge in [0.05, 0.1) is 13.2 Å². The molecule has 1 unspecified atom stereocenters. The Hall–Kier alpha value is -2.20. The summed E-state index contributed by atoms with van der Waals surface area (Å²) in [4.78, 5) is 27.0. The van der Waals surface area contributed by atoms with E-state index in [0.29, 0.717) is 0 Å². The fourth-order valence-corrected chi connectivity index (χ4v) is 2.12. The second kappa shape index (κ2) is 5.66. The van der Waals surface area contributed by atoms with Crippen LogP contribution >= 0.6 is 0 Å². The van der Waals surface area contributed by atoms with E-state index in [2.05, 4.69) is 10.0 Å². The quantitative estimate of drug-likeness (QED) is 0.362. The molecule has 0 radical (unpaired) electrons. The number of ether oxygens (including phenoxy) is 1. The summed E-state index contributed by atoms with van der Waals surface area (Å²) in [5.74, 6) is 0. The highest BCUT2D eigenvalue weighted by Gasteiger charge is 2.55. The molecule has 1 aliphatic heterocycles. The van der Waals surface area contributed by atoms with E-state index in [1.54, 1.807) is 0 Å². The summed E-state index contributed by atoms with van der Waals surface area (Å²) in [7, 11) is 0. The van der Waals surface area contributed by atoms with Gasteiger partial charge in [0, 0.05) is 17.2 Å². The maximum Gasteiger partial charge on any atom is 0.330 e. The van der Waals surface area contributed by atoms with Crippen molar-refractivity contribution >= 4 is 0 Å². The highest BCUT2D eigenvalue weighted by molar-refractivity contribution is 5.03. The number of halogens is 1. The average Bonchev–Trinajstić information content (AvgIpc) is 2.71. The Kier molecular flexibility index (Phi) is 4.09. The minimum absolute atomic E-state index is 0.518. The van der Waals surface area contributed by atoms with E-state index >= 15 is 0 Å². The van der Waals surface area contributed by atoms with E-state index < -0.39 is 48.5 Å². The van der Waals surface area contributed by atoms with Crippen molar-refractivity contribution in [2.45, 2.75) is 24.1 Å². The molecule has 0 aliphatic carbocycles. The molecule has 2 heterocycles. The lowest BCUT2D eigenvalue weighted by Crippen LogP contribution is -2.48. The standard InChI is InChI=1S/C10H12FN5O5/c11-6-7(19)10(4-17,3-13-15-12)21-8(6)16-2-1-5(18)14-9(16)20/h1-2,6-8,17,19H,3-4H2,(H,14,18,20)/t6-,7+,8?,10-/m1/s1. The fourth-order valence-electron chi connectivity index (χ4n) is 2.12. The third-order valence-electron chi connectivity index (χ3n) is 3.26.